The standard InChI is InChI=1S/C8H12N2O3/c1-5(4-8(11)12)3-7-10-9-6(2)13-7/h5H,3-4H2,1-2H3,(H,11,12). The molecule has 0 saturated carbocycles. The molecule has 5 nitrogen and oxygen atoms in total. The Balaban J connectivity index is 2.44. The van der Waals surface area contributed by atoms with E-state index in [4.69, 9.17) is 9.52 Å². The number of hydrogen-bond acceptors (Lipinski definition) is 4. The summed E-state index contributed by atoms with van der Waals surface area (Å²) in [5.74, 6) is 0.241. The number of hydrogen-bond donors (Lipinski definition) is 1. The summed E-state index contributed by atoms with van der Waals surface area (Å²) in [7, 11) is 0. The summed E-state index contributed by atoms with van der Waals surface area (Å²) in [6.45, 7) is 3.55. The van der Waals surface area contributed by atoms with E-state index in [2.05, 4.69) is 10.2 Å². The topological polar surface area (TPSA) is 76.2 Å². The number of nitrogens with zero attached hydrogens (tertiary/aromatic N) is 2. The molecule has 1 rings (SSSR count). The maximum Gasteiger partial charge on any atom is 0.303 e. The Labute approximate surface area is 75.8 Å². The Morgan fingerprint density at radius 1 is 1.62 bits per heavy atom. The Morgan fingerprint density at radius 2 is 2.31 bits per heavy atom. The highest BCUT2D eigenvalue weighted by Crippen LogP contribution is 2.10. The molecule has 0 saturated heterocycles. The van der Waals surface area contributed by atoms with E-state index >= 15 is 0 Å². The van der Waals surface area contributed by atoms with Crippen molar-refractivity contribution in [2.24, 2.45) is 5.92 Å². The summed E-state index contributed by atoms with van der Waals surface area (Å²) >= 11 is 0. The predicted molar refractivity (Wildman–Crippen MR) is 44.2 cm³/mol. The van der Waals surface area contributed by atoms with Crippen LogP contribution in [0.3, 0.4) is 0 Å². The van der Waals surface area contributed by atoms with Gasteiger partial charge in [0, 0.05) is 19.8 Å². The lowest BCUT2D eigenvalue weighted by Crippen LogP contribution is -2.07. The summed E-state index contributed by atoms with van der Waals surface area (Å²) in [5.41, 5.74) is 0. The number of aromatic nitrogens is 2. The fourth-order valence-corrected chi connectivity index (χ4v) is 1.09. The van der Waals surface area contributed by atoms with E-state index in [-0.39, 0.29) is 12.3 Å². The summed E-state index contributed by atoms with van der Waals surface area (Å²) in [4.78, 5) is 10.3. The Hall–Kier alpha value is -1.39. The fourth-order valence-electron chi connectivity index (χ4n) is 1.09. The lowest BCUT2D eigenvalue weighted by molar-refractivity contribution is -0.137. The molecular weight excluding hydrogens is 172 g/mol. The average molecular weight is 184 g/mol. The van der Waals surface area contributed by atoms with Gasteiger partial charge >= 0.3 is 5.97 Å². The van der Waals surface area contributed by atoms with Crippen molar-refractivity contribution in [3.8, 4) is 0 Å². The van der Waals surface area contributed by atoms with E-state index in [1.54, 1.807) is 6.92 Å². The second-order valence-corrected chi connectivity index (χ2v) is 3.12. The Morgan fingerprint density at radius 3 is 2.77 bits per heavy atom. The van der Waals surface area contributed by atoms with Crippen molar-refractivity contribution in [3.63, 3.8) is 0 Å². The van der Waals surface area contributed by atoms with Gasteiger partial charge in [0.2, 0.25) is 11.8 Å². The first-order valence-electron chi connectivity index (χ1n) is 4.08. The van der Waals surface area contributed by atoms with Crippen molar-refractivity contribution in [2.75, 3.05) is 0 Å². The molecule has 1 atom stereocenters. The van der Waals surface area contributed by atoms with Crippen LogP contribution in [0.15, 0.2) is 4.42 Å². The van der Waals surface area contributed by atoms with Crippen LogP contribution in [0.1, 0.15) is 25.1 Å². The van der Waals surface area contributed by atoms with Gasteiger partial charge in [0.1, 0.15) is 0 Å². The molecule has 0 aliphatic heterocycles. The molecule has 72 valence electrons. The van der Waals surface area contributed by atoms with Crippen LogP contribution in [0, 0.1) is 12.8 Å². The zero-order chi connectivity index (χ0) is 9.84. The fraction of sp³-hybridized carbons (Fsp3) is 0.625. The molecule has 0 aliphatic rings. The van der Waals surface area contributed by atoms with E-state index in [1.165, 1.54) is 0 Å². The van der Waals surface area contributed by atoms with Gasteiger partial charge in [0.25, 0.3) is 0 Å². The lowest BCUT2D eigenvalue weighted by Gasteiger charge is -2.03. The molecule has 0 bridgehead atoms. The van der Waals surface area contributed by atoms with Crippen LogP contribution in [-0.4, -0.2) is 21.3 Å². The van der Waals surface area contributed by atoms with Crippen molar-refractivity contribution in [2.45, 2.75) is 26.7 Å². The van der Waals surface area contributed by atoms with Gasteiger partial charge in [-0.05, 0) is 5.92 Å². The highest BCUT2D eigenvalue weighted by atomic mass is 16.4. The van der Waals surface area contributed by atoms with E-state index in [0.717, 1.165) is 0 Å². The second kappa shape index (κ2) is 4.02. The van der Waals surface area contributed by atoms with Gasteiger partial charge in [-0.25, -0.2) is 0 Å². The number of carboxylic acids is 1. The third-order valence-electron chi connectivity index (χ3n) is 1.61. The van der Waals surface area contributed by atoms with Gasteiger partial charge < -0.3 is 9.52 Å². The number of carboxylic acid groups (broad SMARTS) is 1. The molecular formula is C8H12N2O3. The van der Waals surface area contributed by atoms with Crippen molar-refractivity contribution in [3.05, 3.63) is 11.8 Å². The van der Waals surface area contributed by atoms with Gasteiger partial charge in [-0.2, -0.15) is 0 Å². The van der Waals surface area contributed by atoms with Crippen LogP contribution in [0.4, 0.5) is 0 Å². The minimum absolute atomic E-state index is 0.0253. The molecule has 13 heavy (non-hydrogen) atoms. The molecule has 0 fully saturated rings. The molecule has 1 unspecified atom stereocenters. The van der Waals surface area contributed by atoms with Gasteiger partial charge in [-0.15, -0.1) is 10.2 Å². The number of rotatable bonds is 4. The minimum Gasteiger partial charge on any atom is -0.481 e. The predicted octanol–water partition coefficient (Wildman–Crippen LogP) is 1.03. The molecule has 0 aliphatic carbocycles. The molecule has 1 N–H and O–H groups in total. The summed E-state index contributed by atoms with van der Waals surface area (Å²) in [5, 5.41) is 15.9. The van der Waals surface area contributed by atoms with Gasteiger partial charge in [0.05, 0.1) is 0 Å². The minimum atomic E-state index is -0.802. The summed E-state index contributed by atoms with van der Waals surface area (Å²) in [6, 6.07) is 0. The zero-order valence-corrected chi connectivity index (χ0v) is 7.65. The number of aryl methyl sites for hydroxylation is 1. The molecule has 0 aromatic carbocycles. The van der Waals surface area contributed by atoms with E-state index in [0.29, 0.717) is 18.2 Å². The molecule has 0 spiro atoms. The van der Waals surface area contributed by atoms with Crippen LogP contribution in [0.2, 0.25) is 0 Å². The lowest BCUT2D eigenvalue weighted by atomic mass is 10.0. The molecule has 0 radical (unpaired) electrons. The Kier molecular flexibility index (Phi) is 3.00. The van der Waals surface area contributed by atoms with Crippen molar-refractivity contribution < 1.29 is 14.3 Å². The van der Waals surface area contributed by atoms with Crippen LogP contribution >= 0.6 is 0 Å². The van der Waals surface area contributed by atoms with Crippen molar-refractivity contribution in [1.29, 1.82) is 0 Å². The SMILES string of the molecule is Cc1nnc(CC(C)CC(=O)O)o1. The second-order valence-electron chi connectivity index (χ2n) is 3.12. The van der Waals surface area contributed by atoms with Crippen LogP contribution in [0.5, 0.6) is 0 Å². The zero-order valence-electron chi connectivity index (χ0n) is 7.65. The molecule has 0 amide bonds. The molecule has 5 heteroatoms. The Bertz CT molecular complexity index is 295. The van der Waals surface area contributed by atoms with E-state index in [9.17, 15) is 4.79 Å². The first-order valence-corrected chi connectivity index (χ1v) is 4.08. The van der Waals surface area contributed by atoms with Gasteiger partial charge in [0.15, 0.2) is 0 Å². The van der Waals surface area contributed by atoms with Gasteiger partial charge in [-0.1, -0.05) is 6.92 Å². The molecule has 1 aromatic rings. The normalized spacial score (nSPS) is 12.8. The quantitative estimate of drug-likeness (QED) is 0.756. The van der Waals surface area contributed by atoms with Crippen LogP contribution < -0.4 is 0 Å². The number of carbonyl (C=O) groups is 1. The summed E-state index contributed by atoms with van der Waals surface area (Å²) < 4.78 is 5.12. The average Bonchev–Trinajstić information content (AvgIpc) is 2.33. The first-order chi connectivity index (χ1) is 6.08. The van der Waals surface area contributed by atoms with Crippen LogP contribution in [0.25, 0.3) is 0 Å². The highest BCUT2D eigenvalue weighted by molar-refractivity contribution is 5.66. The largest absolute Gasteiger partial charge is 0.481 e. The van der Waals surface area contributed by atoms with Crippen LogP contribution in [-0.2, 0) is 11.2 Å². The maximum atomic E-state index is 10.3. The van der Waals surface area contributed by atoms with Gasteiger partial charge in [-0.3, -0.25) is 4.79 Å². The molecule has 1 aromatic heterocycles. The maximum absolute atomic E-state index is 10.3. The smallest absolute Gasteiger partial charge is 0.303 e. The summed E-state index contributed by atoms with van der Waals surface area (Å²) in [6.07, 6.45) is 0.647. The monoisotopic (exact) mass is 184 g/mol. The third-order valence-corrected chi connectivity index (χ3v) is 1.61. The van der Waals surface area contributed by atoms with E-state index < -0.39 is 5.97 Å². The highest BCUT2D eigenvalue weighted by Gasteiger charge is 2.12. The third kappa shape index (κ3) is 3.23. The molecule has 1 heterocycles. The van der Waals surface area contributed by atoms with Crippen molar-refractivity contribution in [1.82, 2.24) is 10.2 Å². The number of aliphatic carboxylic acids is 1. The van der Waals surface area contributed by atoms with E-state index in [1.807, 2.05) is 6.92 Å². The first kappa shape index (κ1) is 9.70. The van der Waals surface area contributed by atoms with Crippen molar-refractivity contribution >= 4 is 5.97 Å².